The molecule has 1 rings (SSSR count). The third kappa shape index (κ3) is 1.33. The highest BCUT2D eigenvalue weighted by Crippen LogP contribution is 2.31. The van der Waals surface area contributed by atoms with Gasteiger partial charge in [-0.3, -0.25) is 4.99 Å². The van der Waals surface area contributed by atoms with Crippen LogP contribution < -0.4 is 5.73 Å². The Morgan fingerprint density at radius 3 is 2.82 bits per heavy atom. The summed E-state index contributed by atoms with van der Waals surface area (Å²) in [6, 6.07) is 0. The second-order valence-corrected chi connectivity index (χ2v) is 3.36. The summed E-state index contributed by atoms with van der Waals surface area (Å²) in [4.78, 5) is 3.98. The van der Waals surface area contributed by atoms with Crippen LogP contribution in [0.25, 0.3) is 0 Å². The third-order valence-corrected chi connectivity index (χ3v) is 2.79. The van der Waals surface area contributed by atoms with Crippen LogP contribution in [0.1, 0.15) is 20.3 Å². The molecule has 2 atom stereocenters. The molecule has 62 valence electrons. The number of hydrogen-bond acceptors (Lipinski definition) is 2. The smallest absolute Gasteiger partial charge is 0.0606 e. The molecule has 1 aliphatic rings. The summed E-state index contributed by atoms with van der Waals surface area (Å²) >= 11 is 5.94. The van der Waals surface area contributed by atoms with Crippen molar-refractivity contribution in [2.75, 3.05) is 0 Å². The van der Waals surface area contributed by atoms with Crippen molar-refractivity contribution >= 4 is 17.8 Å². The first-order valence-electron chi connectivity index (χ1n) is 3.79. The molecule has 0 saturated carbocycles. The standard InChI is InChI=1S/C8H13ClN2/c1-3-8(10)6(2)4-11-5-7(8)9/h4-6H,3,10H2,1-2H3. The Morgan fingerprint density at radius 1 is 1.82 bits per heavy atom. The maximum absolute atomic E-state index is 6.05. The molecule has 11 heavy (non-hydrogen) atoms. The molecule has 0 saturated heterocycles. The first-order valence-corrected chi connectivity index (χ1v) is 4.17. The molecule has 0 fully saturated rings. The van der Waals surface area contributed by atoms with Crippen LogP contribution in [0.3, 0.4) is 0 Å². The quantitative estimate of drug-likeness (QED) is 0.645. The monoisotopic (exact) mass is 172 g/mol. The predicted molar refractivity (Wildman–Crippen MR) is 48.8 cm³/mol. The van der Waals surface area contributed by atoms with Gasteiger partial charge in [-0.05, 0) is 6.42 Å². The summed E-state index contributed by atoms with van der Waals surface area (Å²) in [5.41, 5.74) is 5.67. The summed E-state index contributed by atoms with van der Waals surface area (Å²) in [7, 11) is 0. The van der Waals surface area contributed by atoms with Gasteiger partial charge in [0.05, 0.1) is 10.6 Å². The Hall–Kier alpha value is -0.340. The van der Waals surface area contributed by atoms with E-state index >= 15 is 0 Å². The molecule has 1 heterocycles. The highest BCUT2D eigenvalue weighted by Gasteiger charge is 2.34. The maximum atomic E-state index is 6.05. The van der Waals surface area contributed by atoms with Gasteiger partial charge in [0.25, 0.3) is 0 Å². The lowest BCUT2D eigenvalue weighted by molar-refractivity contribution is 0.419. The fourth-order valence-electron chi connectivity index (χ4n) is 1.20. The average molecular weight is 173 g/mol. The van der Waals surface area contributed by atoms with Gasteiger partial charge in [0.15, 0.2) is 0 Å². The average Bonchev–Trinajstić information content (AvgIpc) is 2.00. The molecule has 0 aliphatic carbocycles. The van der Waals surface area contributed by atoms with Gasteiger partial charge in [-0.25, -0.2) is 0 Å². The molecular formula is C8H13ClN2. The molecule has 3 heteroatoms. The normalized spacial score (nSPS) is 37.1. The molecule has 2 unspecified atom stereocenters. The first-order chi connectivity index (χ1) is 5.11. The number of nitrogens with zero attached hydrogens (tertiary/aromatic N) is 1. The van der Waals surface area contributed by atoms with Crippen LogP contribution in [0.4, 0.5) is 0 Å². The first kappa shape index (κ1) is 8.75. The fourth-order valence-corrected chi connectivity index (χ4v) is 1.56. The summed E-state index contributed by atoms with van der Waals surface area (Å²) in [5, 5.41) is 0.662. The van der Waals surface area contributed by atoms with Crippen molar-refractivity contribution in [3.8, 4) is 0 Å². The molecule has 0 radical (unpaired) electrons. The lowest BCUT2D eigenvalue weighted by atomic mass is 9.83. The zero-order valence-corrected chi connectivity index (χ0v) is 7.60. The zero-order valence-electron chi connectivity index (χ0n) is 6.84. The van der Waals surface area contributed by atoms with E-state index in [4.69, 9.17) is 17.3 Å². The Labute approximate surface area is 72.1 Å². The van der Waals surface area contributed by atoms with Crippen molar-refractivity contribution in [3.05, 3.63) is 11.2 Å². The van der Waals surface area contributed by atoms with Gasteiger partial charge in [0.2, 0.25) is 0 Å². The number of halogens is 1. The van der Waals surface area contributed by atoms with E-state index in [0.29, 0.717) is 5.03 Å². The van der Waals surface area contributed by atoms with E-state index in [9.17, 15) is 0 Å². The molecule has 0 spiro atoms. The number of nitrogens with two attached hydrogens (primary N) is 1. The van der Waals surface area contributed by atoms with Crippen molar-refractivity contribution in [1.29, 1.82) is 0 Å². The van der Waals surface area contributed by atoms with Crippen molar-refractivity contribution in [2.24, 2.45) is 16.6 Å². The molecule has 0 amide bonds. The van der Waals surface area contributed by atoms with E-state index in [-0.39, 0.29) is 11.5 Å². The number of hydrogen-bond donors (Lipinski definition) is 1. The van der Waals surface area contributed by atoms with Crippen molar-refractivity contribution in [2.45, 2.75) is 25.8 Å². The third-order valence-electron chi connectivity index (χ3n) is 2.34. The lowest BCUT2D eigenvalue weighted by Crippen LogP contribution is -2.47. The second-order valence-electron chi connectivity index (χ2n) is 2.96. The van der Waals surface area contributed by atoms with Crippen LogP contribution in [-0.4, -0.2) is 11.8 Å². The molecule has 0 bridgehead atoms. The summed E-state index contributed by atoms with van der Waals surface area (Å²) < 4.78 is 0. The molecule has 0 aromatic rings. The summed E-state index contributed by atoms with van der Waals surface area (Å²) in [5.74, 6) is 0.227. The van der Waals surface area contributed by atoms with Crippen LogP contribution in [0, 0.1) is 5.92 Å². The minimum absolute atomic E-state index is 0.227. The van der Waals surface area contributed by atoms with Crippen molar-refractivity contribution in [3.63, 3.8) is 0 Å². The van der Waals surface area contributed by atoms with E-state index in [2.05, 4.69) is 4.99 Å². The van der Waals surface area contributed by atoms with Crippen molar-refractivity contribution in [1.82, 2.24) is 0 Å². The van der Waals surface area contributed by atoms with Crippen LogP contribution in [-0.2, 0) is 0 Å². The summed E-state index contributed by atoms with van der Waals surface area (Å²) in [6.07, 6.45) is 4.32. The minimum Gasteiger partial charge on any atom is -0.320 e. The van der Waals surface area contributed by atoms with E-state index in [1.54, 1.807) is 6.20 Å². The van der Waals surface area contributed by atoms with E-state index < -0.39 is 0 Å². The van der Waals surface area contributed by atoms with Crippen LogP contribution >= 0.6 is 11.6 Å². The van der Waals surface area contributed by atoms with Gasteiger partial charge < -0.3 is 5.73 Å². The van der Waals surface area contributed by atoms with Crippen LogP contribution in [0.5, 0.6) is 0 Å². The van der Waals surface area contributed by atoms with Crippen LogP contribution in [0.15, 0.2) is 16.2 Å². The van der Waals surface area contributed by atoms with Crippen LogP contribution in [0.2, 0.25) is 0 Å². The van der Waals surface area contributed by atoms with E-state index in [1.165, 1.54) is 0 Å². The van der Waals surface area contributed by atoms with Gasteiger partial charge in [-0.1, -0.05) is 25.4 Å². The van der Waals surface area contributed by atoms with E-state index in [1.807, 2.05) is 20.1 Å². The molecule has 1 aliphatic heterocycles. The lowest BCUT2D eigenvalue weighted by Gasteiger charge is -2.33. The largest absolute Gasteiger partial charge is 0.320 e. The van der Waals surface area contributed by atoms with Gasteiger partial charge in [-0.15, -0.1) is 0 Å². The van der Waals surface area contributed by atoms with Gasteiger partial charge in [-0.2, -0.15) is 0 Å². The maximum Gasteiger partial charge on any atom is 0.0606 e. The van der Waals surface area contributed by atoms with Gasteiger partial charge >= 0.3 is 0 Å². The van der Waals surface area contributed by atoms with Gasteiger partial charge in [0.1, 0.15) is 0 Å². The SMILES string of the molecule is CCC1(N)C(Cl)=CN=CC1C. The van der Waals surface area contributed by atoms with Crippen molar-refractivity contribution < 1.29 is 0 Å². The highest BCUT2D eigenvalue weighted by molar-refractivity contribution is 6.31. The number of aliphatic imine (C=N–C) groups is 1. The Bertz CT molecular complexity index is 210. The predicted octanol–water partition coefficient (Wildman–Crippen LogP) is 1.89. The Morgan fingerprint density at radius 2 is 2.45 bits per heavy atom. The second kappa shape index (κ2) is 2.95. The summed E-state index contributed by atoms with van der Waals surface area (Å²) in [6.45, 7) is 4.06. The minimum atomic E-state index is -0.386. The Kier molecular flexibility index (Phi) is 2.35. The molecule has 2 N–H and O–H groups in total. The topological polar surface area (TPSA) is 38.4 Å². The number of rotatable bonds is 1. The molecule has 0 aromatic heterocycles. The molecular weight excluding hydrogens is 160 g/mol. The zero-order chi connectivity index (χ0) is 8.48. The molecule has 0 aromatic carbocycles. The molecule has 2 nitrogen and oxygen atoms in total. The fraction of sp³-hybridized carbons (Fsp3) is 0.625. The van der Waals surface area contributed by atoms with E-state index in [0.717, 1.165) is 6.42 Å². The van der Waals surface area contributed by atoms with Gasteiger partial charge in [0, 0.05) is 18.3 Å². The highest BCUT2D eigenvalue weighted by atomic mass is 35.5. The Balaban J connectivity index is 2.94.